The zero-order valence-corrected chi connectivity index (χ0v) is 15.7. The van der Waals surface area contributed by atoms with E-state index in [0.29, 0.717) is 18.3 Å². The third kappa shape index (κ3) is 4.95. The minimum absolute atomic E-state index is 0.0872. The molecule has 0 spiro atoms. The van der Waals surface area contributed by atoms with E-state index in [-0.39, 0.29) is 5.91 Å². The Bertz CT molecular complexity index is 708. The number of hydrogen-bond acceptors (Lipinski definition) is 2. The molecule has 0 saturated heterocycles. The predicted octanol–water partition coefficient (Wildman–Crippen LogP) is 5.22. The van der Waals surface area contributed by atoms with Gasteiger partial charge in [0.05, 0.1) is 5.60 Å². The van der Waals surface area contributed by atoms with Crippen molar-refractivity contribution in [3.05, 3.63) is 65.7 Å². The molecule has 0 aromatic heterocycles. The molecule has 3 nitrogen and oxygen atoms in total. The summed E-state index contributed by atoms with van der Waals surface area (Å²) in [4.78, 5) is 12.4. The molecule has 2 aromatic rings. The second kappa shape index (κ2) is 8.05. The van der Waals surface area contributed by atoms with Gasteiger partial charge in [0.25, 0.3) is 0 Å². The minimum Gasteiger partial charge on any atom is -0.386 e. The van der Waals surface area contributed by atoms with Crippen molar-refractivity contribution in [1.82, 2.24) is 0 Å². The van der Waals surface area contributed by atoms with Gasteiger partial charge in [-0.15, -0.1) is 0 Å². The van der Waals surface area contributed by atoms with Crippen LogP contribution in [0.25, 0.3) is 0 Å². The zero-order chi connectivity index (χ0) is 18.6. The molecule has 0 bridgehead atoms. The molecule has 0 unspecified atom stereocenters. The highest BCUT2D eigenvalue weighted by Gasteiger charge is 2.24. The van der Waals surface area contributed by atoms with E-state index in [2.05, 4.69) is 35.6 Å². The van der Waals surface area contributed by atoms with Crippen LogP contribution in [0.3, 0.4) is 0 Å². The number of carbonyl (C=O) groups excluding carboxylic acids is 1. The topological polar surface area (TPSA) is 49.3 Å². The van der Waals surface area contributed by atoms with Crippen LogP contribution in [0.5, 0.6) is 0 Å². The number of nitrogens with one attached hydrogen (secondary N) is 1. The quantitative estimate of drug-likeness (QED) is 0.776. The van der Waals surface area contributed by atoms with Crippen molar-refractivity contribution in [3.8, 4) is 0 Å². The predicted molar refractivity (Wildman–Crippen MR) is 106 cm³/mol. The van der Waals surface area contributed by atoms with Gasteiger partial charge >= 0.3 is 0 Å². The van der Waals surface area contributed by atoms with Gasteiger partial charge in [-0.3, -0.25) is 4.79 Å². The second-order valence-electron chi connectivity index (χ2n) is 8.02. The van der Waals surface area contributed by atoms with Gasteiger partial charge in [0.15, 0.2) is 0 Å². The Morgan fingerprint density at radius 3 is 2.19 bits per heavy atom. The van der Waals surface area contributed by atoms with Crippen molar-refractivity contribution < 1.29 is 9.90 Å². The number of aliphatic hydroxyl groups is 1. The molecule has 138 valence electrons. The van der Waals surface area contributed by atoms with E-state index < -0.39 is 5.60 Å². The Hall–Kier alpha value is -2.13. The lowest BCUT2D eigenvalue weighted by molar-refractivity contribution is -0.117. The van der Waals surface area contributed by atoms with Crippen molar-refractivity contribution in [1.29, 1.82) is 0 Å². The zero-order valence-electron chi connectivity index (χ0n) is 15.7. The van der Waals surface area contributed by atoms with E-state index in [9.17, 15) is 9.90 Å². The highest BCUT2D eigenvalue weighted by Crippen LogP contribution is 2.37. The molecule has 1 amide bonds. The van der Waals surface area contributed by atoms with Gasteiger partial charge in [0.2, 0.25) is 5.91 Å². The number of rotatable bonds is 5. The molecular formula is C23H29NO2. The van der Waals surface area contributed by atoms with E-state index in [1.165, 1.54) is 18.4 Å². The molecule has 2 N–H and O–H groups in total. The summed E-state index contributed by atoms with van der Waals surface area (Å²) in [6.07, 6.45) is 5.16. The molecule has 1 fully saturated rings. The molecule has 0 radical (unpaired) electrons. The maximum atomic E-state index is 12.4. The lowest BCUT2D eigenvalue weighted by Gasteiger charge is -2.28. The maximum absolute atomic E-state index is 12.4. The Balaban J connectivity index is 1.47. The number of benzene rings is 2. The van der Waals surface area contributed by atoms with Gasteiger partial charge in [-0.05, 0) is 74.6 Å². The summed E-state index contributed by atoms with van der Waals surface area (Å²) in [6.45, 7) is 3.51. The fourth-order valence-electron chi connectivity index (χ4n) is 3.86. The summed E-state index contributed by atoms with van der Waals surface area (Å²) in [5, 5.41) is 13.0. The van der Waals surface area contributed by atoms with E-state index in [0.717, 1.165) is 24.1 Å². The molecule has 3 heteroatoms. The molecule has 0 atom stereocenters. The number of hydrogen-bond donors (Lipinski definition) is 2. The van der Waals surface area contributed by atoms with Crippen LogP contribution in [0.4, 0.5) is 5.69 Å². The summed E-state index contributed by atoms with van der Waals surface area (Å²) in [6, 6.07) is 18.2. The Labute approximate surface area is 156 Å². The van der Waals surface area contributed by atoms with E-state index in [4.69, 9.17) is 0 Å². The van der Waals surface area contributed by atoms with Crippen LogP contribution in [-0.4, -0.2) is 11.0 Å². The third-order valence-corrected chi connectivity index (χ3v) is 5.47. The first-order valence-electron chi connectivity index (χ1n) is 9.59. The van der Waals surface area contributed by atoms with Crippen LogP contribution in [0.15, 0.2) is 54.6 Å². The highest BCUT2D eigenvalue weighted by molar-refractivity contribution is 5.90. The molecule has 1 aliphatic rings. The first kappa shape index (κ1) is 18.7. The Morgan fingerprint density at radius 1 is 1.00 bits per heavy atom. The molecule has 3 rings (SSSR count). The number of anilines is 1. The Kier molecular flexibility index (Phi) is 5.77. The third-order valence-electron chi connectivity index (χ3n) is 5.47. The van der Waals surface area contributed by atoms with Crippen molar-refractivity contribution in [2.24, 2.45) is 5.92 Å². The largest absolute Gasteiger partial charge is 0.386 e. The van der Waals surface area contributed by atoms with Crippen LogP contribution in [0.2, 0.25) is 0 Å². The molecule has 0 aliphatic heterocycles. The fraction of sp³-hybridized carbons (Fsp3) is 0.435. The van der Waals surface area contributed by atoms with Crippen LogP contribution >= 0.6 is 0 Å². The van der Waals surface area contributed by atoms with Gasteiger partial charge in [-0.2, -0.15) is 0 Å². The smallest absolute Gasteiger partial charge is 0.224 e. The molecular weight excluding hydrogens is 322 g/mol. The van der Waals surface area contributed by atoms with Gasteiger partial charge in [0, 0.05) is 12.1 Å². The lowest BCUT2D eigenvalue weighted by Crippen LogP contribution is -2.20. The molecule has 2 aromatic carbocycles. The lowest BCUT2D eigenvalue weighted by atomic mass is 9.77. The summed E-state index contributed by atoms with van der Waals surface area (Å²) < 4.78 is 0. The van der Waals surface area contributed by atoms with Crippen molar-refractivity contribution >= 4 is 11.6 Å². The average Bonchev–Trinajstić information content (AvgIpc) is 2.63. The molecule has 1 saturated carbocycles. The molecule has 1 aliphatic carbocycles. The van der Waals surface area contributed by atoms with Gasteiger partial charge in [-0.25, -0.2) is 0 Å². The van der Waals surface area contributed by atoms with Gasteiger partial charge in [0.1, 0.15) is 0 Å². The fourth-order valence-corrected chi connectivity index (χ4v) is 3.86. The monoisotopic (exact) mass is 351 g/mol. The molecule has 26 heavy (non-hydrogen) atoms. The maximum Gasteiger partial charge on any atom is 0.224 e. The minimum atomic E-state index is -0.861. The van der Waals surface area contributed by atoms with Crippen molar-refractivity contribution in [2.75, 3.05) is 5.32 Å². The van der Waals surface area contributed by atoms with Crippen LogP contribution < -0.4 is 5.32 Å². The standard InChI is InChI=1S/C23H29NO2/c1-23(2,26)20-12-14-21(15-13-20)24-22(25)16-17-8-10-19(11-9-17)18-6-4-3-5-7-18/h3-7,12-15,17,19,26H,8-11,16H2,1-2H3,(H,24,25)/t17-,19+. The summed E-state index contributed by atoms with van der Waals surface area (Å²) in [5.41, 5.74) is 2.21. The Morgan fingerprint density at radius 2 is 1.62 bits per heavy atom. The van der Waals surface area contributed by atoms with Gasteiger partial charge in [-0.1, -0.05) is 42.5 Å². The van der Waals surface area contributed by atoms with E-state index in [1.807, 2.05) is 24.3 Å². The normalized spacial score (nSPS) is 20.6. The number of amides is 1. The van der Waals surface area contributed by atoms with Gasteiger partial charge < -0.3 is 10.4 Å². The second-order valence-corrected chi connectivity index (χ2v) is 8.02. The SMILES string of the molecule is CC(C)(O)c1ccc(NC(=O)C[C@H]2CC[C@@H](c3ccccc3)CC2)cc1. The van der Waals surface area contributed by atoms with Crippen LogP contribution in [0.1, 0.15) is 63.0 Å². The summed E-state index contributed by atoms with van der Waals surface area (Å²) >= 11 is 0. The van der Waals surface area contributed by atoms with Crippen molar-refractivity contribution in [3.63, 3.8) is 0 Å². The van der Waals surface area contributed by atoms with E-state index >= 15 is 0 Å². The number of carbonyl (C=O) groups is 1. The van der Waals surface area contributed by atoms with Crippen LogP contribution in [-0.2, 0) is 10.4 Å². The first-order valence-corrected chi connectivity index (χ1v) is 9.59. The summed E-state index contributed by atoms with van der Waals surface area (Å²) in [7, 11) is 0. The highest BCUT2D eigenvalue weighted by atomic mass is 16.3. The average molecular weight is 351 g/mol. The van der Waals surface area contributed by atoms with Crippen molar-refractivity contribution in [2.45, 2.75) is 57.5 Å². The van der Waals surface area contributed by atoms with E-state index in [1.54, 1.807) is 13.8 Å². The first-order chi connectivity index (χ1) is 12.4. The summed E-state index contributed by atoms with van der Waals surface area (Å²) in [5.74, 6) is 1.21. The van der Waals surface area contributed by atoms with Crippen LogP contribution in [0, 0.1) is 5.92 Å². The molecule has 0 heterocycles.